The molecule has 6 heteroatoms. The Labute approximate surface area is 125 Å². The monoisotopic (exact) mass is 298 g/mol. The number of nitrogens with two attached hydrogens (primary N) is 1. The van der Waals surface area contributed by atoms with E-state index < -0.39 is 0 Å². The number of pyridine rings is 1. The molecule has 0 aliphatic carbocycles. The van der Waals surface area contributed by atoms with Crippen molar-refractivity contribution in [3.63, 3.8) is 0 Å². The highest BCUT2D eigenvalue weighted by atomic mass is 32.2. The number of hydrogen-bond acceptors (Lipinski definition) is 4. The van der Waals surface area contributed by atoms with Crippen LogP contribution in [0.2, 0.25) is 0 Å². The van der Waals surface area contributed by atoms with E-state index in [1.807, 2.05) is 37.3 Å². The summed E-state index contributed by atoms with van der Waals surface area (Å²) in [5.41, 5.74) is 8.40. The van der Waals surface area contributed by atoms with Gasteiger partial charge in [0, 0.05) is 17.1 Å². The highest BCUT2D eigenvalue weighted by Gasteiger charge is 2.14. The van der Waals surface area contributed by atoms with Gasteiger partial charge in [0.2, 0.25) is 0 Å². The van der Waals surface area contributed by atoms with Crippen LogP contribution in [0.15, 0.2) is 57.8 Å². The van der Waals surface area contributed by atoms with E-state index >= 15 is 0 Å². The van der Waals surface area contributed by atoms with E-state index in [0.717, 1.165) is 21.5 Å². The summed E-state index contributed by atoms with van der Waals surface area (Å²) in [6.07, 6.45) is 1.72. The molecule has 0 radical (unpaired) electrons. The summed E-state index contributed by atoms with van der Waals surface area (Å²) in [7, 11) is 0. The van der Waals surface area contributed by atoms with Crippen LogP contribution in [0.25, 0.3) is 10.9 Å². The summed E-state index contributed by atoms with van der Waals surface area (Å²) in [6.45, 7) is 1.91. The fourth-order valence-electron chi connectivity index (χ4n) is 2.18. The number of fused-ring (bicyclic) bond motifs is 1. The first-order valence-corrected chi connectivity index (χ1v) is 7.20. The van der Waals surface area contributed by atoms with Crippen molar-refractivity contribution in [2.45, 2.75) is 17.0 Å². The molecule has 1 aromatic carbocycles. The molecular formula is C15H14N4OS. The maximum absolute atomic E-state index is 8.94. The first-order chi connectivity index (χ1) is 10.2. The molecule has 0 fully saturated rings. The third kappa shape index (κ3) is 2.57. The molecule has 5 nitrogen and oxygen atoms in total. The van der Waals surface area contributed by atoms with Crippen LogP contribution in [0.1, 0.15) is 11.1 Å². The fourth-order valence-corrected chi connectivity index (χ4v) is 3.21. The summed E-state index contributed by atoms with van der Waals surface area (Å²) >= 11 is 1.46. The number of hydrogen-bond donors (Lipinski definition) is 3. The second-order valence-corrected chi connectivity index (χ2v) is 5.65. The van der Waals surface area contributed by atoms with Crippen LogP contribution in [-0.4, -0.2) is 21.0 Å². The minimum atomic E-state index is 0.0687. The van der Waals surface area contributed by atoms with Crippen LogP contribution in [0.4, 0.5) is 0 Å². The molecular weight excluding hydrogens is 284 g/mol. The van der Waals surface area contributed by atoms with Gasteiger partial charge < -0.3 is 15.9 Å². The van der Waals surface area contributed by atoms with Crippen molar-refractivity contribution in [3.05, 3.63) is 53.7 Å². The Kier molecular flexibility index (Phi) is 3.53. The Morgan fingerprint density at radius 1 is 1.33 bits per heavy atom. The van der Waals surface area contributed by atoms with E-state index in [1.165, 1.54) is 11.8 Å². The Bertz CT molecular complexity index is 792. The van der Waals surface area contributed by atoms with Crippen molar-refractivity contribution in [1.29, 1.82) is 0 Å². The minimum Gasteiger partial charge on any atom is -0.409 e. The van der Waals surface area contributed by atoms with Gasteiger partial charge >= 0.3 is 0 Å². The maximum atomic E-state index is 8.94. The largest absolute Gasteiger partial charge is 0.409 e. The molecule has 0 amide bonds. The van der Waals surface area contributed by atoms with Crippen molar-refractivity contribution in [3.8, 4) is 0 Å². The molecule has 0 spiro atoms. The molecule has 106 valence electrons. The molecule has 0 saturated carbocycles. The quantitative estimate of drug-likeness (QED) is 0.300. The van der Waals surface area contributed by atoms with Crippen molar-refractivity contribution in [2.75, 3.05) is 0 Å². The highest BCUT2D eigenvalue weighted by Crippen LogP contribution is 2.31. The van der Waals surface area contributed by atoms with Gasteiger partial charge in [-0.05, 0) is 30.7 Å². The molecule has 0 atom stereocenters. The van der Waals surface area contributed by atoms with E-state index in [9.17, 15) is 0 Å². The normalized spacial score (nSPS) is 12.0. The topological polar surface area (TPSA) is 87.3 Å². The lowest BCUT2D eigenvalue weighted by Crippen LogP contribution is -2.16. The SMILES string of the molecule is Cc1ccnc(Sc2cc3ccccc3[nH]2)c1/C(N)=N/O. The lowest BCUT2D eigenvalue weighted by molar-refractivity contribution is 0.318. The van der Waals surface area contributed by atoms with E-state index in [-0.39, 0.29) is 5.84 Å². The first kappa shape index (κ1) is 13.5. The Morgan fingerprint density at radius 3 is 2.90 bits per heavy atom. The number of H-pyrrole nitrogens is 1. The van der Waals surface area contributed by atoms with Crippen LogP contribution in [0.3, 0.4) is 0 Å². The number of rotatable bonds is 3. The lowest BCUT2D eigenvalue weighted by atomic mass is 10.1. The predicted molar refractivity (Wildman–Crippen MR) is 83.9 cm³/mol. The number of aryl methyl sites for hydroxylation is 1. The third-order valence-corrected chi connectivity index (χ3v) is 4.14. The van der Waals surface area contributed by atoms with Crippen LogP contribution in [-0.2, 0) is 0 Å². The maximum Gasteiger partial charge on any atom is 0.173 e. The third-order valence-electron chi connectivity index (χ3n) is 3.20. The number of oxime groups is 1. The first-order valence-electron chi connectivity index (χ1n) is 6.38. The van der Waals surface area contributed by atoms with Gasteiger partial charge in [-0.25, -0.2) is 4.98 Å². The summed E-state index contributed by atoms with van der Waals surface area (Å²) in [5, 5.41) is 14.8. The molecule has 21 heavy (non-hydrogen) atoms. The molecule has 3 rings (SSSR count). The van der Waals surface area contributed by atoms with Crippen molar-refractivity contribution >= 4 is 28.5 Å². The molecule has 2 aromatic heterocycles. The molecule has 0 unspecified atom stereocenters. The summed E-state index contributed by atoms with van der Waals surface area (Å²) in [6, 6.07) is 11.9. The number of aromatic amines is 1. The number of benzene rings is 1. The average Bonchev–Trinajstić information content (AvgIpc) is 2.89. The Hall–Kier alpha value is -2.47. The molecule has 0 aliphatic heterocycles. The number of amidine groups is 1. The van der Waals surface area contributed by atoms with Crippen LogP contribution >= 0.6 is 11.8 Å². The molecule has 0 saturated heterocycles. The number of nitrogens with zero attached hydrogens (tertiary/aromatic N) is 2. The zero-order chi connectivity index (χ0) is 14.8. The van der Waals surface area contributed by atoms with Crippen molar-refractivity contribution in [1.82, 2.24) is 9.97 Å². The fraction of sp³-hybridized carbons (Fsp3) is 0.0667. The van der Waals surface area contributed by atoms with Gasteiger partial charge in [0.05, 0.1) is 10.6 Å². The summed E-state index contributed by atoms with van der Waals surface area (Å²) in [4.78, 5) is 7.67. The van der Waals surface area contributed by atoms with Crippen molar-refractivity contribution < 1.29 is 5.21 Å². The van der Waals surface area contributed by atoms with Gasteiger partial charge in [0.15, 0.2) is 5.84 Å². The van der Waals surface area contributed by atoms with Crippen LogP contribution in [0.5, 0.6) is 0 Å². The zero-order valence-electron chi connectivity index (χ0n) is 11.4. The van der Waals surface area contributed by atoms with Gasteiger partial charge in [-0.3, -0.25) is 0 Å². The zero-order valence-corrected chi connectivity index (χ0v) is 12.2. The average molecular weight is 298 g/mol. The van der Waals surface area contributed by atoms with Crippen LogP contribution in [0, 0.1) is 6.92 Å². The standard InChI is InChI=1S/C15H14N4OS/c1-9-6-7-17-15(13(9)14(16)19-20)21-12-8-10-4-2-3-5-11(10)18-12/h2-8,18,20H,1H3,(H2,16,19). The van der Waals surface area contributed by atoms with Crippen molar-refractivity contribution in [2.24, 2.45) is 10.9 Å². The smallest absolute Gasteiger partial charge is 0.173 e. The predicted octanol–water partition coefficient (Wildman–Crippen LogP) is 3.12. The molecule has 4 N–H and O–H groups in total. The molecule has 3 aromatic rings. The molecule has 0 bridgehead atoms. The Balaban J connectivity index is 2.03. The molecule has 0 aliphatic rings. The second-order valence-electron chi connectivity index (χ2n) is 4.62. The van der Waals surface area contributed by atoms with Gasteiger partial charge in [0.1, 0.15) is 5.03 Å². The van der Waals surface area contributed by atoms with E-state index in [2.05, 4.69) is 21.2 Å². The minimum absolute atomic E-state index is 0.0687. The number of nitrogens with one attached hydrogen (secondary N) is 1. The van der Waals surface area contributed by atoms with Gasteiger partial charge in [-0.2, -0.15) is 0 Å². The summed E-state index contributed by atoms with van der Waals surface area (Å²) in [5.74, 6) is 0.0687. The highest BCUT2D eigenvalue weighted by molar-refractivity contribution is 7.99. The Morgan fingerprint density at radius 2 is 2.14 bits per heavy atom. The van der Waals surface area contributed by atoms with Gasteiger partial charge in [-0.1, -0.05) is 35.1 Å². The lowest BCUT2D eigenvalue weighted by Gasteiger charge is -2.08. The number of aromatic nitrogens is 2. The van der Waals surface area contributed by atoms with Gasteiger partial charge in [-0.15, -0.1) is 0 Å². The van der Waals surface area contributed by atoms with E-state index in [4.69, 9.17) is 10.9 Å². The van der Waals surface area contributed by atoms with E-state index in [0.29, 0.717) is 10.6 Å². The summed E-state index contributed by atoms with van der Waals surface area (Å²) < 4.78 is 0. The number of para-hydroxylation sites is 1. The second kappa shape index (κ2) is 5.49. The van der Waals surface area contributed by atoms with E-state index in [1.54, 1.807) is 6.20 Å². The van der Waals surface area contributed by atoms with Crippen LogP contribution < -0.4 is 5.73 Å². The molecule has 2 heterocycles. The van der Waals surface area contributed by atoms with Gasteiger partial charge in [0.25, 0.3) is 0 Å².